The Kier molecular flexibility index (Phi) is 4.79. The minimum absolute atomic E-state index is 0.0392. The zero-order valence-electron chi connectivity index (χ0n) is 12.8. The number of nitrogens with zero attached hydrogens (tertiary/aromatic N) is 1. The van der Waals surface area contributed by atoms with Crippen molar-refractivity contribution in [3.05, 3.63) is 63.6 Å². The van der Waals surface area contributed by atoms with Gasteiger partial charge in [0.25, 0.3) is 5.91 Å². The summed E-state index contributed by atoms with van der Waals surface area (Å²) in [5, 5.41) is 0.930. The minimum Gasteiger partial charge on any atom is -0.497 e. The third kappa shape index (κ3) is 3.46. The molecule has 3 rings (SSSR count). The molecule has 0 radical (unpaired) electrons. The molecule has 1 amide bonds. The molecule has 23 heavy (non-hydrogen) atoms. The van der Waals surface area contributed by atoms with Crippen molar-refractivity contribution in [2.45, 2.75) is 12.3 Å². The Bertz CT molecular complexity index is 715. The van der Waals surface area contributed by atoms with Crippen molar-refractivity contribution >= 4 is 29.1 Å². The van der Waals surface area contributed by atoms with Gasteiger partial charge in [-0.1, -0.05) is 35.3 Å². The molecule has 0 bridgehead atoms. The first kappa shape index (κ1) is 16.2. The average Bonchev–Trinajstić information content (AvgIpc) is 3.04. The number of methoxy groups -OCH3 is 1. The van der Waals surface area contributed by atoms with E-state index in [2.05, 4.69) is 12.1 Å². The molecule has 0 aromatic heterocycles. The fraction of sp³-hybridized carbons (Fsp3) is 0.278. The normalized spacial score (nSPS) is 17.3. The van der Waals surface area contributed by atoms with Crippen LogP contribution in [0.2, 0.25) is 10.0 Å². The number of amides is 1. The standard InChI is InChI=1S/C18H17Cl2NO2/c1-23-15-5-2-12(3-6-15)13-8-9-21(11-13)18(22)16-7-4-14(19)10-17(16)20/h2-7,10,13H,8-9,11H2,1H3. The molecule has 2 aromatic carbocycles. The van der Waals surface area contributed by atoms with Crippen LogP contribution in [0, 0.1) is 0 Å². The molecule has 3 nitrogen and oxygen atoms in total. The molecule has 1 saturated heterocycles. The summed E-state index contributed by atoms with van der Waals surface area (Å²) in [6.07, 6.45) is 0.948. The van der Waals surface area contributed by atoms with Crippen molar-refractivity contribution in [3.8, 4) is 5.75 Å². The molecule has 1 heterocycles. The number of carbonyl (C=O) groups is 1. The monoisotopic (exact) mass is 349 g/mol. The summed E-state index contributed by atoms with van der Waals surface area (Å²) in [6.45, 7) is 1.43. The molecule has 0 saturated carbocycles. The van der Waals surface area contributed by atoms with Gasteiger partial charge in [-0.25, -0.2) is 0 Å². The van der Waals surface area contributed by atoms with Crippen LogP contribution in [0.15, 0.2) is 42.5 Å². The van der Waals surface area contributed by atoms with Gasteiger partial charge in [-0.15, -0.1) is 0 Å². The fourth-order valence-electron chi connectivity index (χ4n) is 2.93. The summed E-state index contributed by atoms with van der Waals surface area (Å²) in [4.78, 5) is 14.5. The second-order valence-electron chi connectivity index (χ2n) is 5.63. The Morgan fingerprint density at radius 3 is 2.57 bits per heavy atom. The molecule has 1 aliphatic rings. The smallest absolute Gasteiger partial charge is 0.255 e. The fourth-order valence-corrected chi connectivity index (χ4v) is 3.42. The van der Waals surface area contributed by atoms with E-state index in [1.807, 2.05) is 17.0 Å². The highest BCUT2D eigenvalue weighted by molar-refractivity contribution is 6.36. The van der Waals surface area contributed by atoms with E-state index >= 15 is 0 Å². The summed E-state index contributed by atoms with van der Waals surface area (Å²) in [6, 6.07) is 13.0. The number of hydrogen-bond acceptors (Lipinski definition) is 2. The molecule has 0 spiro atoms. The molecule has 1 unspecified atom stereocenters. The number of carbonyl (C=O) groups excluding carboxylic acids is 1. The number of likely N-dealkylation sites (tertiary alicyclic amines) is 1. The first-order valence-electron chi connectivity index (χ1n) is 7.47. The molecule has 1 fully saturated rings. The van der Waals surface area contributed by atoms with Crippen molar-refractivity contribution in [2.24, 2.45) is 0 Å². The van der Waals surface area contributed by atoms with E-state index in [9.17, 15) is 4.79 Å². The van der Waals surface area contributed by atoms with Crippen LogP contribution in [0.3, 0.4) is 0 Å². The van der Waals surface area contributed by atoms with E-state index in [1.165, 1.54) is 5.56 Å². The van der Waals surface area contributed by atoms with E-state index < -0.39 is 0 Å². The minimum atomic E-state index is -0.0392. The van der Waals surface area contributed by atoms with Gasteiger partial charge >= 0.3 is 0 Å². The quantitative estimate of drug-likeness (QED) is 0.808. The maximum absolute atomic E-state index is 12.6. The maximum Gasteiger partial charge on any atom is 0.255 e. The van der Waals surface area contributed by atoms with E-state index in [0.717, 1.165) is 18.7 Å². The summed E-state index contributed by atoms with van der Waals surface area (Å²) in [5.74, 6) is 1.14. The van der Waals surface area contributed by atoms with Gasteiger partial charge in [0.2, 0.25) is 0 Å². The van der Waals surface area contributed by atoms with Crippen LogP contribution in [0.5, 0.6) is 5.75 Å². The van der Waals surface area contributed by atoms with Crippen molar-refractivity contribution in [2.75, 3.05) is 20.2 Å². The van der Waals surface area contributed by atoms with Crippen LogP contribution in [0.25, 0.3) is 0 Å². The summed E-state index contributed by atoms with van der Waals surface area (Å²) < 4.78 is 5.18. The van der Waals surface area contributed by atoms with Crippen LogP contribution in [0.4, 0.5) is 0 Å². The zero-order chi connectivity index (χ0) is 16.4. The molecule has 5 heteroatoms. The van der Waals surface area contributed by atoms with Gasteiger partial charge < -0.3 is 9.64 Å². The molecule has 0 aliphatic carbocycles. The highest BCUT2D eigenvalue weighted by Gasteiger charge is 2.28. The Hall–Kier alpha value is -1.71. The first-order valence-corrected chi connectivity index (χ1v) is 8.22. The van der Waals surface area contributed by atoms with Crippen LogP contribution in [-0.2, 0) is 0 Å². The van der Waals surface area contributed by atoms with E-state index in [0.29, 0.717) is 28.1 Å². The van der Waals surface area contributed by atoms with Gasteiger partial charge in [0, 0.05) is 24.0 Å². The van der Waals surface area contributed by atoms with Crippen molar-refractivity contribution < 1.29 is 9.53 Å². The number of halogens is 2. The second-order valence-corrected chi connectivity index (χ2v) is 6.48. The van der Waals surface area contributed by atoms with Crippen molar-refractivity contribution in [1.29, 1.82) is 0 Å². The zero-order valence-corrected chi connectivity index (χ0v) is 14.3. The van der Waals surface area contributed by atoms with E-state index in [1.54, 1.807) is 25.3 Å². The highest BCUT2D eigenvalue weighted by atomic mass is 35.5. The van der Waals surface area contributed by atoms with Crippen molar-refractivity contribution in [1.82, 2.24) is 4.90 Å². The lowest BCUT2D eigenvalue weighted by atomic mass is 9.98. The van der Waals surface area contributed by atoms with E-state index in [4.69, 9.17) is 27.9 Å². The molecular weight excluding hydrogens is 333 g/mol. The van der Waals surface area contributed by atoms with Crippen LogP contribution >= 0.6 is 23.2 Å². The van der Waals surface area contributed by atoms with Crippen LogP contribution in [0.1, 0.15) is 28.3 Å². The largest absolute Gasteiger partial charge is 0.497 e. The number of ether oxygens (including phenoxy) is 1. The molecule has 1 atom stereocenters. The molecule has 1 aliphatic heterocycles. The topological polar surface area (TPSA) is 29.5 Å². The van der Waals surface area contributed by atoms with Gasteiger partial charge in [-0.3, -0.25) is 4.79 Å². The third-order valence-electron chi connectivity index (χ3n) is 4.22. The molecule has 120 valence electrons. The highest BCUT2D eigenvalue weighted by Crippen LogP contribution is 2.30. The molecule has 2 aromatic rings. The predicted octanol–water partition coefficient (Wildman–Crippen LogP) is 4.63. The van der Waals surface area contributed by atoms with Gasteiger partial charge in [0.1, 0.15) is 5.75 Å². The Morgan fingerprint density at radius 1 is 1.17 bits per heavy atom. The van der Waals surface area contributed by atoms with Gasteiger partial charge in [0.05, 0.1) is 17.7 Å². The number of hydrogen-bond donors (Lipinski definition) is 0. The van der Waals surface area contributed by atoms with Crippen LogP contribution in [-0.4, -0.2) is 31.0 Å². The number of rotatable bonds is 3. The number of benzene rings is 2. The lowest BCUT2D eigenvalue weighted by Crippen LogP contribution is -2.28. The van der Waals surface area contributed by atoms with Gasteiger partial charge in [-0.05, 0) is 42.3 Å². The lowest BCUT2D eigenvalue weighted by Gasteiger charge is -2.17. The second kappa shape index (κ2) is 6.81. The lowest BCUT2D eigenvalue weighted by molar-refractivity contribution is 0.0791. The summed E-state index contributed by atoms with van der Waals surface area (Å²) in [5.41, 5.74) is 1.73. The third-order valence-corrected chi connectivity index (χ3v) is 4.77. The van der Waals surface area contributed by atoms with Gasteiger partial charge in [0.15, 0.2) is 0 Å². The van der Waals surface area contributed by atoms with Crippen LogP contribution < -0.4 is 4.74 Å². The first-order chi connectivity index (χ1) is 11.1. The predicted molar refractivity (Wildman–Crippen MR) is 92.7 cm³/mol. The summed E-state index contributed by atoms with van der Waals surface area (Å²) in [7, 11) is 1.65. The van der Waals surface area contributed by atoms with Gasteiger partial charge in [-0.2, -0.15) is 0 Å². The Morgan fingerprint density at radius 2 is 1.91 bits per heavy atom. The molecular formula is C18H17Cl2NO2. The summed E-state index contributed by atoms with van der Waals surface area (Å²) >= 11 is 12.0. The molecule has 0 N–H and O–H groups in total. The Labute approximate surface area is 145 Å². The Balaban J connectivity index is 1.72. The average molecular weight is 350 g/mol. The van der Waals surface area contributed by atoms with E-state index in [-0.39, 0.29) is 5.91 Å². The van der Waals surface area contributed by atoms with Crippen molar-refractivity contribution in [3.63, 3.8) is 0 Å². The maximum atomic E-state index is 12.6. The SMILES string of the molecule is COc1ccc(C2CCN(C(=O)c3ccc(Cl)cc3Cl)C2)cc1.